The van der Waals surface area contributed by atoms with E-state index in [1.165, 1.54) is 0 Å². The monoisotopic (exact) mass is 348 g/mol. The quantitative estimate of drug-likeness (QED) is 0.871. The Hall–Kier alpha value is -1.50. The lowest BCUT2D eigenvalue weighted by atomic mass is 10.1. The van der Waals surface area contributed by atoms with E-state index in [9.17, 15) is 18.0 Å². The van der Waals surface area contributed by atoms with Crippen LogP contribution in [0.25, 0.3) is 10.9 Å². The van der Waals surface area contributed by atoms with Crippen molar-refractivity contribution >= 4 is 32.7 Å². The van der Waals surface area contributed by atoms with E-state index in [-0.39, 0.29) is 6.54 Å². The molecule has 1 aromatic heterocycles. The Bertz CT molecular complexity index is 622. The van der Waals surface area contributed by atoms with Crippen molar-refractivity contribution in [3.8, 4) is 0 Å². The minimum atomic E-state index is -4.46. The van der Waals surface area contributed by atoms with Gasteiger partial charge in [0.1, 0.15) is 6.42 Å². The molecule has 0 radical (unpaired) electrons. The van der Waals surface area contributed by atoms with E-state index in [1.807, 2.05) is 18.2 Å². The highest BCUT2D eigenvalue weighted by Crippen LogP contribution is 2.23. The third-order valence-electron chi connectivity index (χ3n) is 2.81. The molecule has 0 fully saturated rings. The van der Waals surface area contributed by atoms with Crippen molar-refractivity contribution in [2.45, 2.75) is 19.0 Å². The Kier molecular flexibility index (Phi) is 4.37. The third kappa shape index (κ3) is 4.00. The molecule has 1 aromatic carbocycles. The van der Waals surface area contributed by atoms with E-state index >= 15 is 0 Å². The van der Waals surface area contributed by atoms with Crippen molar-refractivity contribution in [1.29, 1.82) is 0 Å². The van der Waals surface area contributed by atoms with Crippen LogP contribution in [-0.2, 0) is 11.2 Å². The van der Waals surface area contributed by atoms with Gasteiger partial charge in [-0.1, -0.05) is 15.9 Å². The summed E-state index contributed by atoms with van der Waals surface area (Å²) in [5, 5.41) is 3.26. The lowest BCUT2D eigenvalue weighted by Crippen LogP contribution is -2.30. The van der Waals surface area contributed by atoms with E-state index in [2.05, 4.69) is 26.2 Å². The molecule has 108 valence electrons. The van der Waals surface area contributed by atoms with Gasteiger partial charge in [0, 0.05) is 28.1 Å². The van der Waals surface area contributed by atoms with Gasteiger partial charge >= 0.3 is 6.18 Å². The number of benzene rings is 1. The zero-order valence-corrected chi connectivity index (χ0v) is 11.9. The molecule has 0 bridgehead atoms. The predicted molar refractivity (Wildman–Crippen MR) is 73.4 cm³/mol. The first kappa shape index (κ1) is 14.9. The van der Waals surface area contributed by atoms with E-state index in [0.717, 1.165) is 20.9 Å². The van der Waals surface area contributed by atoms with Gasteiger partial charge in [0.15, 0.2) is 0 Å². The summed E-state index contributed by atoms with van der Waals surface area (Å²) in [5.74, 6) is -1.00. The summed E-state index contributed by atoms with van der Waals surface area (Å²) in [5.41, 5.74) is 1.90. The third-order valence-corrected chi connectivity index (χ3v) is 3.30. The number of alkyl halides is 3. The number of hydrogen-bond acceptors (Lipinski definition) is 1. The lowest BCUT2D eigenvalue weighted by molar-refractivity contribution is -0.153. The molecule has 0 saturated heterocycles. The maximum Gasteiger partial charge on any atom is 0.397 e. The highest BCUT2D eigenvalue weighted by atomic mass is 79.9. The van der Waals surface area contributed by atoms with Crippen LogP contribution in [0.5, 0.6) is 0 Å². The Morgan fingerprint density at radius 2 is 2.10 bits per heavy atom. The fraction of sp³-hybridized carbons (Fsp3) is 0.308. The van der Waals surface area contributed by atoms with Crippen molar-refractivity contribution in [3.63, 3.8) is 0 Å². The van der Waals surface area contributed by atoms with Crippen LogP contribution >= 0.6 is 15.9 Å². The van der Waals surface area contributed by atoms with Gasteiger partial charge in [-0.05, 0) is 30.2 Å². The minimum Gasteiger partial charge on any atom is -0.361 e. The van der Waals surface area contributed by atoms with Crippen molar-refractivity contribution < 1.29 is 18.0 Å². The number of aromatic amines is 1. The average molecular weight is 349 g/mol. The fourth-order valence-corrected chi connectivity index (χ4v) is 2.30. The van der Waals surface area contributed by atoms with Gasteiger partial charge < -0.3 is 10.3 Å². The fourth-order valence-electron chi connectivity index (χ4n) is 1.94. The van der Waals surface area contributed by atoms with Crippen LogP contribution in [0.4, 0.5) is 13.2 Å². The SMILES string of the molecule is O=C(CC(F)(F)F)NCCc1c[nH]c2ccc(Br)cc12. The first-order valence-electron chi connectivity index (χ1n) is 5.94. The number of amides is 1. The number of aromatic nitrogens is 1. The molecule has 1 heterocycles. The molecule has 0 atom stereocenters. The molecule has 7 heteroatoms. The molecule has 0 saturated carbocycles. The molecule has 3 nitrogen and oxygen atoms in total. The second-order valence-corrected chi connectivity index (χ2v) is 5.31. The summed E-state index contributed by atoms with van der Waals surface area (Å²) in [7, 11) is 0. The number of hydrogen-bond donors (Lipinski definition) is 2. The van der Waals surface area contributed by atoms with Crippen LogP contribution in [-0.4, -0.2) is 23.6 Å². The molecule has 0 aliphatic rings. The van der Waals surface area contributed by atoms with Gasteiger partial charge in [-0.2, -0.15) is 13.2 Å². The molecule has 2 N–H and O–H groups in total. The predicted octanol–water partition coefficient (Wildman–Crippen LogP) is 3.54. The number of carbonyl (C=O) groups excluding carboxylic acids is 1. The summed E-state index contributed by atoms with van der Waals surface area (Å²) in [6.45, 7) is 0.175. The number of H-pyrrole nitrogens is 1. The van der Waals surface area contributed by atoms with Crippen LogP contribution in [0.3, 0.4) is 0 Å². The highest BCUT2D eigenvalue weighted by molar-refractivity contribution is 9.10. The van der Waals surface area contributed by atoms with Crippen LogP contribution in [0.15, 0.2) is 28.9 Å². The van der Waals surface area contributed by atoms with Crippen molar-refractivity contribution in [3.05, 3.63) is 34.4 Å². The Morgan fingerprint density at radius 1 is 1.35 bits per heavy atom. The normalized spacial score (nSPS) is 11.8. The van der Waals surface area contributed by atoms with Crippen LogP contribution < -0.4 is 5.32 Å². The topological polar surface area (TPSA) is 44.9 Å². The molecule has 0 spiro atoms. The van der Waals surface area contributed by atoms with Crippen LogP contribution in [0.2, 0.25) is 0 Å². The average Bonchev–Trinajstić information content (AvgIpc) is 2.69. The molecular weight excluding hydrogens is 337 g/mol. The van der Waals surface area contributed by atoms with Gasteiger partial charge in [0.05, 0.1) is 0 Å². The summed E-state index contributed by atoms with van der Waals surface area (Å²) in [6.07, 6.45) is -3.63. The molecule has 0 aliphatic carbocycles. The molecule has 0 aliphatic heterocycles. The maximum atomic E-state index is 12.0. The number of fused-ring (bicyclic) bond motifs is 1. The number of halogens is 4. The van der Waals surface area contributed by atoms with Crippen molar-refractivity contribution in [2.75, 3.05) is 6.54 Å². The number of carbonyl (C=O) groups is 1. The van der Waals surface area contributed by atoms with Crippen LogP contribution in [0.1, 0.15) is 12.0 Å². The highest BCUT2D eigenvalue weighted by Gasteiger charge is 2.30. The van der Waals surface area contributed by atoms with Crippen molar-refractivity contribution in [2.24, 2.45) is 0 Å². The Labute approximate surface area is 121 Å². The van der Waals surface area contributed by atoms with Gasteiger partial charge in [-0.25, -0.2) is 0 Å². The Morgan fingerprint density at radius 3 is 2.80 bits per heavy atom. The zero-order valence-electron chi connectivity index (χ0n) is 10.4. The molecule has 0 unspecified atom stereocenters. The van der Waals surface area contributed by atoms with Gasteiger partial charge in [0.2, 0.25) is 5.91 Å². The van der Waals surface area contributed by atoms with E-state index < -0.39 is 18.5 Å². The summed E-state index contributed by atoms with van der Waals surface area (Å²) < 4.78 is 36.9. The largest absolute Gasteiger partial charge is 0.397 e. The smallest absolute Gasteiger partial charge is 0.361 e. The second kappa shape index (κ2) is 5.87. The molecular formula is C13H12BrF3N2O. The molecule has 1 amide bonds. The molecule has 2 rings (SSSR count). The van der Waals surface area contributed by atoms with E-state index in [4.69, 9.17) is 0 Å². The lowest BCUT2D eigenvalue weighted by Gasteiger charge is -2.07. The summed E-state index contributed by atoms with van der Waals surface area (Å²) in [6, 6.07) is 5.73. The van der Waals surface area contributed by atoms with Crippen molar-refractivity contribution in [1.82, 2.24) is 10.3 Å². The standard InChI is InChI=1S/C13H12BrF3N2O/c14-9-1-2-11-10(5-9)8(7-19-11)3-4-18-12(20)6-13(15,16)17/h1-2,5,7,19H,3-4,6H2,(H,18,20). The van der Waals surface area contributed by atoms with Gasteiger partial charge in [-0.3, -0.25) is 4.79 Å². The van der Waals surface area contributed by atoms with E-state index in [0.29, 0.717) is 6.42 Å². The van der Waals surface area contributed by atoms with Crippen LogP contribution in [0, 0.1) is 0 Å². The summed E-state index contributed by atoms with van der Waals surface area (Å²) >= 11 is 3.37. The first-order chi connectivity index (χ1) is 9.35. The van der Waals surface area contributed by atoms with Gasteiger partial charge in [0.25, 0.3) is 0 Å². The molecule has 20 heavy (non-hydrogen) atoms. The zero-order chi connectivity index (χ0) is 14.8. The Balaban J connectivity index is 1.93. The maximum absolute atomic E-state index is 12.0. The first-order valence-corrected chi connectivity index (χ1v) is 6.73. The summed E-state index contributed by atoms with van der Waals surface area (Å²) in [4.78, 5) is 14.1. The number of nitrogens with one attached hydrogen (secondary N) is 2. The molecule has 2 aromatic rings. The second-order valence-electron chi connectivity index (χ2n) is 4.40. The number of rotatable bonds is 4. The minimum absolute atomic E-state index is 0.175. The van der Waals surface area contributed by atoms with E-state index in [1.54, 1.807) is 6.20 Å². The van der Waals surface area contributed by atoms with Gasteiger partial charge in [-0.15, -0.1) is 0 Å².